The molecule has 5 rings (SSSR count). The van der Waals surface area contributed by atoms with Gasteiger partial charge in [0.25, 0.3) is 0 Å². The van der Waals surface area contributed by atoms with Crippen molar-refractivity contribution in [3.8, 4) is 11.1 Å². The van der Waals surface area contributed by atoms with Gasteiger partial charge in [0.15, 0.2) is 0 Å². The Morgan fingerprint density at radius 1 is 1.00 bits per heavy atom. The van der Waals surface area contributed by atoms with Gasteiger partial charge in [-0.3, -0.25) is 0 Å². The largest absolute Gasteiger partial charge is 0.381 e. The Labute approximate surface area is 195 Å². The van der Waals surface area contributed by atoms with E-state index >= 15 is 0 Å². The summed E-state index contributed by atoms with van der Waals surface area (Å²) in [4.78, 5) is 0. The molecule has 2 heteroatoms. The van der Waals surface area contributed by atoms with Crippen LogP contribution in [0.3, 0.4) is 0 Å². The Hall–Kier alpha value is -2.32. The van der Waals surface area contributed by atoms with Crippen molar-refractivity contribution < 1.29 is 0 Å². The van der Waals surface area contributed by atoms with Gasteiger partial charge in [-0.25, -0.2) is 0 Å². The van der Waals surface area contributed by atoms with E-state index in [0.717, 1.165) is 11.8 Å². The van der Waals surface area contributed by atoms with E-state index in [2.05, 4.69) is 99.1 Å². The standard InChI is InChI=1S/C30H36NSi/c1-20-10-11-25(22-8-6-5-7-9-22)17-28(20)29-18-27(30(19-31-29)32(3)4)16-26-15-24-13-12-23(24)14-21(26)2/h5-11,15,17-19,21,23,26,29,31H,12-14,16H2,1-4H3. The molecule has 0 saturated heterocycles. The fourth-order valence-electron chi connectivity index (χ4n) is 5.79. The Balaban J connectivity index is 1.46. The molecule has 1 nitrogen and oxygen atoms in total. The number of rotatable bonds is 5. The van der Waals surface area contributed by atoms with Crippen LogP contribution in [-0.2, 0) is 0 Å². The van der Waals surface area contributed by atoms with Crippen LogP contribution in [0, 0.1) is 24.7 Å². The maximum atomic E-state index is 3.76. The molecule has 1 fully saturated rings. The second kappa shape index (κ2) is 8.90. The summed E-state index contributed by atoms with van der Waals surface area (Å²) in [5, 5.41) is 5.35. The van der Waals surface area contributed by atoms with Gasteiger partial charge < -0.3 is 5.32 Å². The van der Waals surface area contributed by atoms with Crippen molar-refractivity contribution in [2.75, 3.05) is 0 Å². The second-order valence-electron chi connectivity index (χ2n) is 10.4. The lowest BCUT2D eigenvalue weighted by molar-refractivity contribution is 0.264. The van der Waals surface area contributed by atoms with Crippen molar-refractivity contribution in [2.24, 2.45) is 17.8 Å². The predicted molar refractivity (Wildman–Crippen MR) is 139 cm³/mol. The highest BCUT2D eigenvalue weighted by atomic mass is 28.3. The smallest absolute Gasteiger partial charge is 0.0814 e. The average Bonchev–Trinajstić information content (AvgIpc) is 2.79. The van der Waals surface area contributed by atoms with Gasteiger partial charge in [0, 0.05) is 0 Å². The molecule has 1 saturated carbocycles. The van der Waals surface area contributed by atoms with E-state index in [9.17, 15) is 0 Å². The van der Waals surface area contributed by atoms with E-state index in [-0.39, 0.29) is 6.04 Å². The molecule has 4 atom stereocenters. The molecule has 4 unspecified atom stereocenters. The van der Waals surface area contributed by atoms with Crippen LogP contribution in [0.15, 0.2) is 83.2 Å². The van der Waals surface area contributed by atoms with Crippen LogP contribution in [0.2, 0.25) is 13.1 Å². The quantitative estimate of drug-likeness (QED) is 0.371. The number of fused-ring (bicyclic) bond motifs is 1. The Kier molecular flexibility index (Phi) is 5.99. The Morgan fingerprint density at radius 2 is 1.81 bits per heavy atom. The zero-order valence-electron chi connectivity index (χ0n) is 20.0. The van der Waals surface area contributed by atoms with E-state index in [1.54, 1.807) is 16.3 Å². The Bertz CT molecular complexity index is 1080. The van der Waals surface area contributed by atoms with Crippen molar-refractivity contribution in [1.29, 1.82) is 0 Å². The van der Waals surface area contributed by atoms with Crippen LogP contribution < -0.4 is 5.32 Å². The summed E-state index contributed by atoms with van der Waals surface area (Å²) >= 11 is 0. The number of dihydropyridines is 1. The number of benzene rings is 2. The molecule has 2 aromatic rings. The highest BCUT2D eigenvalue weighted by Gasteiger charge is 2.34. The fourth-order valence-corrected chi connectivity index (χ4v) is 6.99. The minimum Gasteiger partial charge on any atom is -0.381 e. The van der Waals surface area contributed by atoms with Gasteiger partial charge in [-0.2, -0.15) is 0 Å². The lowest BCUT2D eigenvalue weighted by atomic mass is 9.65. The zero-order chi connectivity index (χ0) is 22.2. The summed E-state index contributed by atoms with van der Waals surface area (Å²) in [6, 6.07) is 17.9. The number of allylic oxidation sites excluding steroid dienone is 4. The van der Waals surface area contributed by atoms with E-state index in [4.69, 9.17) is 0 Å². The highest BCUT2D eigenvalue weighted by Crippen LogP contribution is 2.47. The fraction of sp³-hybridized carbons (Fsp3) is 0.400. The van der Waals surface area contributed by atoms with Gasteiger partial charge in [0.1, 0.15) is 0 Å². The van der Waals surface area contributed by atoms with Crippen molar-refractivity contribution in [2.45, 2.75) is 58.7 Å². The SMILES string of the molecule is Cc1ccc(-c2ccccc2)cc1C1C=C(CC2C=C3CCC3CC2C)C([Si](C)C)=CN1. The summed E-state index contributed by atoms with van der Waals surface area (Å²) in [6.07, 6.45) is 13.0. The molecule has 1 heterocycles. The maximum absolute atomic E-state index is 3.76. The first-order valence-electron chi connectivity index (χ1n) is 12.3. The second-order valence-corrected chi connectivity index (χ2v) is 12.9. The number of nitrogens with one attached hydrogen (secondary N) is 1. The molecule has 1 N–H and O–H groups in total. The van der Waals surface area contributed by atoms with Gasteiger partial charge >= 0.3 is 0 Å². The van der Waals surface area contributed by atoms with Crippen molar-refractivity contribution in [1.82, 2.24) is 5.32 Å². The lowest BCUT2D eigenvalue weighted by Gasteiger charge is -2.41. The van der Waals surface area contributed by atoms with Gasteiger partial charge in [0.05, 0.1) is 14.8 Å². The molecule has 1 radical (unpaired) electrons. The molecule has 1 aliphatic heterocycles. The van der Waals surface area contributed by atoms with E-state index < -0.39 is 8.80 Å². The summed E-state index contributed by atoms with van der Waals surface area (Å²) in [5.41, 5.74) is 8.71. The van der Waals surface area contributed by atoms with Gasteiger partial charge in [-0.05, 0) is 95.7 Å². The van der Waals surface area contributed by atoms with Crippen LogP contribution in [0.4, 0.5) is 0 Å². The lowest BCUT2D eigenvalue weighted by Crippen LogP contribution is -2.30. The normalized spacial score (nSPS) is 27.0. The van der Waals surface area contributed by atoms with Gasteiger partial charge in [0.2, 0.25) is 0 Å². The number of hydrogen-bond acceptors (Lipinski definition) is 1. The van der Waals surface area contributed by atoms with Crippen molar-refractivity contribution in [3.63, 3.8) is 0 Å². The third-order valence-corrected chi connectivity index (χ3v) is 9.50. The molecule has 3 aliphatic rings. The highest BCUT2D eigenvalue weighted by molar-refractivity contribution is 6.65. The van der Waals surface area contributed by atoms with E-state index in [1.807, 2.05) is 0 Å². The first-order chi connectivity index (χ1) is 15.5. The first kappa shape index (κ1) is 21.5. The van der Waals surface area contributed by atoms with E-state index in [0.29, 0.717) is 5.92 Å². The summed E-state index contributed by atoms with van der Waals surface area (Å²) < 4.78 is 0. The predicted octanol–water partition coefficient (Wildman–Crippen LogP) is 7.79. The molecule has 0 amide bonds. The van der Waals surface area contributed by atoms with E-state index in [1.165, 1.54) is 47.9 Å². The molecular formula is C30H36NSi. The molecule has 0 bridgehead atoms. The minimum atomic E-state index is -0.516. The van der Waals surface area contributed by atoms with Gasteiger partial charge in [-0.1, -0.05) is 80.2 Å². The average molecular weight is 439 g/mol. The summed E-state index contributed by atoms with van der Waals surface area (Å²) in [7, 11) is -0.516. The molecule has 165 valence electrons. The molecule has 2 aromatic carbocycles. The van der Waals surface area contributed by atoms with Crippen LogP contribution in [-0.4, -0.2) is 8.80 Å². The number of aryl methyl sites for hydroxylation is 1. The van der Waals surface area contributed by atoms with Crippen molar-refractivity contribution in [3.05, 3.63) is 94.4 Å². The van der Waals surface area contributed by atoms with Gasteiger partial charge in [-0.15, -0.1) is 0 Å². The summed E-state index contributed by atoms with van der Waals surface area (Å²) in [6.45, 7) is 9.59. The monoisotopic (exact) mass is 438 g/mol. The molecule has 0 spiro atoms. The first-order valence-corrected chi connectivity index (χ1v) is 14.8. The van der Waals surface area contributed by atoms with Crippen LogP contribution in [0.25, 0.3) is 11.1 Å². The molecule has 0 aromatic heterocycles. The van der Waals surface area contributed by atoms with Crippen LogP contribution in [0.5, 0.6) is 0 Å². The zero-order valence-corrected chi connectivity index (χ0v) is 21.0. The van der Waals surface area contributed by atoms with Crippen LogP contribution >= 0.6 is 0 Å². The number of hydrogen-bond donors (Lipinski definition) is 1. The Morgan fingerprint density at radius 3 is 2.53 bits per heavy atom. The van der Waals surface area contributed by atoms with Crippen molar-refractivity contribution >= 4 is 8.80 Å². The third-order valence-electron chi connectivity index (χ3n) is 7.96. The molecular weight excluding hydrogens is 402 g/mol. The summed E-state index contributed by atoms with van der Waals surface area (Å²) in [5.74, 6) is 2.41. The topological polar surface area (TPSA) is 12.0 Å². The minimum absolute atomic E-state index is 0.252. The van der Waals surface area contributed by atoms with Crippen LogP contribution in [0.1, 0.15) is 49.8 Å². The maximum Gasteiger partial charge on any atom is 0.0814 e. The molecule has 32 heavy (non-hydrogen) atoms. The molecule has 2 aliphatic carbocycles. The third kappa shape index (κ3) is 4.18.